The van der Waals surface area contributed by atoms with E-state index in [1.807, 2.05) is 48.5 Å². The molecule has 0 spiro atoms. The van der Waals surface area contributed by atoms with Crippen LogP contribution in [-0.4, -0.2) is 16.8 Å². The van der Waals surface area contributed by atoms with Crippen LogP contribution in [-0.2, 0) is 0 Å². The predicted molar refractivity (Wildman–Crippen MR) is 97.3 cm³/mol. The molecule has 0 amide bonds. The molecule has 2 N–H and O–H groups in total. The second-order valence-corrected chi connectivity index (χ2v) is 6.01. The molecule has 0 bridgehead atoms. The average molecular weight is 318 g/mol. The molecule has 2 unspecified atom stereocenters. The van der Waals surface area contributed by atoms with Crippen molar-refractivity contribution in [3.63, 3.8) is 0 Å². The molecule has 0 aliphatic rings. The fourth-order valence-corrected chi connectivity index (χ4v) is 3.36. The molecule has 0 heterocycles. The molecule has 0 aromatic heterocycles. The zero-order valence-electron chi connectivity index (χ0n) is 13.5. The van der Waals surface area contributed by atoms with Crippen LogP contribution < -0.4 is 0 Å². The van der Waals surface area contributed by atoms with E-state index < -0.39 is 0 Å². The van der Waals surface area contributed by atoms with E-state index in [1.54, 1.807) is 12.1 Å². The minimum Gasteiger partial charge on any atom is -0.508 e. The van der Waals surface area contributed by atoms with E-state index >= 15 is 0 Å². The van der Waals surface area contributed by atoms with Crippen LogP contribution in [0.3, 0.4) is 0 Å². The summed E-state index contributed by atoms with van der Waals surface area (Å²) in [5.41, 5.74) is 3.57. The lowest BCUT2D eigenvalue weighted by Crippen LogP contribution is -2.14. The standard InChI is InChI=1S/C22H22O2/c23-16-15-21(17-7-3-1-4-8-17)22(18-9-5-2-6-10-18)19-11-13-20(24)14-12-19/h1-14,21-24H,15-16H2. The van der Waals surface area contributed by atoms with Crippen LogP contribution in [0.4, 0.5) is 0 Å². The van der Waals surface area contributed by atoms with Gasteiger partial charge in [0.2, 0.25) is 0 Å². The van der Waals surface area contributed by atoms with Crippen molar-refractivity contribution < 1.29 is 10.2 Å². The quantitative estimate of drug-likeness (QED) is 0.692. The Balaban J connectivity index is 2.09. The zero-order chi connectivity index (χ0) is 16.8. The van der Waals surface area contributed by atoms with E-state index in [0.717, 1.165) is 5.56 Å². The lowest BCUT2D eigenvalue weighted by Gasteiger charge is -2.28. The molecule has 0 aliphatic carbocycles. The first-order chi connectivity index (χ1) is 11.8. The lowest BCUT2D eigenvalue weighted by molar-refractivity contribution is 0.271. The second kappa shape index (κ2) is 7.80. The molecule has 0 aliphatic heterocycles. The highest BCUT2D eigenvalue weighted by Crippen LogP contribution is 2.40. The normalized spacial score (nSPS) is 13.4. The van der Waals surface area contributed by atoms with E-state index in [2.05, 4.69) is 24.3 Å². The third-order valence-electron chi connectivity index (χ3n) is 4.48. The SMILES string of the molecule is OCCC(c1ccccc1)C(c1ccccc1)c1ccc(O)cc1. The number of benzene rings is 3. The maximum Gasteiger partial charge on any atom is 0.115 e. The summed E-state index contributed by atoms with van der Waals surface area (Å²) in [7, 11) is 0. The fourth-order valence-electron chi connectivity index (χ4n) is 3.36. The highest BCUT2D eigenvalue weighted by molar-refractivity contribution is 5.40. The van der Waals surface area contributed by atoms with Gasteiger partial charge in [-0.3, -0.25) is 0 Å². The van der Waals surface area contributed by atoms with Crippen LogP contribution in [0.5, 0.6) is 5.75 Å². The summed E-state index contributed by atoms with van der Waals surface area (Å²) in [4.78, 5) is 0. The summed E-state index contributed by atoms with van der Waals surface area (Å²) < 4.78 is 0. The number of phenols is 1. The van der Waals surface area contributed by atoms with Gasteiger partial charge in [0.1, 0.15) is 5.75 Å². The molecule has 3 aromatic carbocycles. The van der Waals surface area contributed by atoms with Crippen molar-refractivity contribution in [3.05, 3.63) is 102 Å². The third kappa shape index (κ3) is 3.66. The monoisotopic (exact) mass is 318 g/mol. The third-order valence-corrected chi connectivity index (χ3v) is 4.48. The summed E-state index contributed by atoms with van der Waals surface area (Å²) in [5.74, 6) is 0.563. The van der Waals surface area contributed by atoms with Crippen molar-refractivity contribution in [2.24, 2.45) is 0 Å². The van der Waals surface area contributed by atoms with Gasteiger partial charge in [-0.15, -0.1) is 0 Å². The highest BCUT2D eigenvalue weighted by Gasteiger charge is 2.26. The maximum absolute atomic E-state index is 9.64. The van der Waals surface area contributed by atoms with E-state index in [0.29, 0.717) is 6.42 Å². The fraction of sp³-hybridized carbons (Fsp3) is 0.182. The summed E-state index contributed by atoms with van der Waals surface area (Å²) in [6.07, 6.45) is 0.685. The van der Waals surface area contributed by atoms with E-state index in [1.165, 1.54) is 11.1 Å². The largest absolute Gasteiger partial charge is 0.508 e. The van der Waals surface area contributed by atoms with Gasteiger partial charge in [-0.25, -0.2) is 0 Å². The van der Waals surface area contributed by atoms with Crippen molar-refractivity contribution in [3.8, 4) is 5.75 Å². The molecule has 3 aromatic rings. The molecular weight excluding hydrogens is 296 g/mol. The van der Waals surface area contributed by atoms with Crippen molar-refractivity contribution in [2.45, 2.75) is 18.3 Å². The zero-order valence-corrected chi connectivity index (χ0v) is 13.5. The lowest BCUT2D eigenvalue weighted by atomic mass is 9.76. The van der Waals surface area contributed by atoms with Crippen LogP contribution in [0.2, 0.25) is 0 Å². The van der Waals surface area contributed by atoms with Gasteiger partial charge < -0.3 is 10.2 Å². The number of phenolic OH excluding ortho intramolecular Hbond substituents is 1. The van der Waals surface area contributed by atoms with Gasteiger partial charge in [0, 0.05) is 12.5 Å². The van der Waals surface area contributed by atoms with Gasteiger partial charge in [-0.2, -0.15) is 0 Å². The minimum atomic E-state index is 0.126. The van der Waals surface area contributed by atoms with Crippen molar-refractivity contribution in [1.82, 2.24) is 0 Å². The first-order valence-corrected chi connectivity index (χ1v) is 8.29. The number of aromatic hydroxyl groups is 1. The van der Waals surface area contributed by atoms with Crippen LogP contribution in [0.25, 0.3) is 0 Å². The van der Waals surface area contributed by atoms with Gasteiger partial charge >= 0.3 is 0 Å². The molecule has 2 heteroatoms. The smallest absolute Gasteiger partial charge is 0.115 e. The Morgan fingerprint density at radius 2 is 1.12 bits per heavy atom. The topological polar surface area (TPSA) is 40.5 Å². The van der Waals surface area contributed by atoms with E-state index in [4.69, 9.17) is 0 Å². The van der Waals surface area contributed by atoms with Crippen LogP contribution in [0.15, 0.2) is 84.9 Å². The number of hydrogen-bond acceptors (Lipinski definition) is 2. The predicted octanol–water partition coefficient (Wildman–Crippen LogP) is 4.69. The molecule has 0 saturated heterocycles. The number of aliphatic hydroxyl groups is 1. The highest BCUT2D eigenvalue weighted by atomic mass is 16.3. The molecule has 0 radical (unpaired) electrons. The molecule has 3 rings (SSSR count). The molecule has 24 heavy (non-hydrogen) atoms. The molecule has 2 atom stereocenters. The Labute approximate surface area is 143 Å². The maximum atomic E-state index is 9.64. The van der Waals surface area contributed by atoms with Crippen molar-refractivity contribution >= 4 is 0 Å². The Hall–Kier alpha value is -2.58. The van der Waals surface area contributed by atoms with Crippen molar-refractivity contribution in [1.29, 1.82) is 0 Å². The van der Waals surface area contributed by atoms with Gasteiger partial charge in [-0.1, -0.05) is 72.8 Å². The van der Waals surface area contributed by atoms with Gasteiger partial charge in [0.15, 0.2) is 0 Å². The summed E-state index contributed by atoms with van der Waals surface area (Å²) in [6.45, 7) is 0.140. The Morgan fingerprint density at radius 3 is 1.67 bits per heavy atom. The number of aliphatic hydroxyl groups excluding tert-OH is 1. The molecule has 2 nitrogen and oxygen atoms in total. The van der Waals surface area contributed by atoms with Crippen LogP contribution in [0, 0.1) is 0 Å². The molecule has 0 fully saturated rings. The molecule has 122 valence electrons. The summed E-state index contributed by atoms with van der Waals surface area (Å²) >= 11 is 0. The number of rotatable bonds is 6. The van der Waals surface area contributed by atoms with Crippen molar-refractivity contribution in [2.75, 3.05) is 6.61 Å². The Kier molecular flexibility index (Phi) is 5.29. The molecule has 0 saturated carbocycles. The number of hydrogen-bond donors (Lipinski definition) is 2. The van der Waals surface area contributed by atoms with E-state index in [9.17, 15) is 10.2 Å². The van der Waals surface area contributed by atoms with Gasteiger partial charge in [0.05, 0.1) is 0 Å². The Bertz CT molecular complexity index is 736. The van der Waals surface area contributed by atoms with Crippen LogP contribution in [0.1, 0.15) is 34.9 Å². The average Bonchev–Trinajstić information content (AvgIpc) is 2.64. The summed E-state index contributed by atoms with van der Waals surface area (Å²) in [5, 5.41) is 19.3. The van der Waals surface area contributed by atoms with E-state index in [-0.39, 0.29) is 24.2 Å². The van der Waals surface area contributed by atoms with Crippen LogP contribution >= 0.6 is 0 Å². The second-order valence-electron chi connectivity index (χ2n) is 6.01. The first kappa shape index (κ1) is 16.3. The van der Waals surface area contributed by atoms with Gasteiger partial charge in [0.25, 0.3) is 0 Å². The Morgan fingerprint density at radius 1 is 0.625 bits per heavy atom. The summed E-state index contributed by atoms with van der Waals surface area (Å²) in [6, 6.07) is 28.1. The first-order valence-electron chi connectivity index (χ1n) is 8.29. The van der Waals surface area contributed by atoms with Gasteiger partial charge in [-0.05, 0) is 41.2 Å². The molecular formula is C22H22O2. The minimum absolute atomic E-state index is 0.126.